The average molecular weight is 927 g/mol. The zero-order valence-corrected chi connectivity index (χ0v) is 34.5. The second-order valence-electron chi connectivity index (χ2n) is 14.3. The molecule has 2 atom stereocenters. The summed E-state index contributed by atoms with van der Waals surface area (Å²) >= 11 is 0. The third-order valence-corrected chi connectivity index (χ3v) is 9.55. The number of hydrogen-bond donors (Lipinski definition) is 7. The minimum absolute atomic E-state index is 0.00699. The van der Waals surface area contributed by atoms with E-state index in [1.807, 2.05) is 0 Å². The van der Waals surface area contributed by atoms with Crippen LogP contribution in [0.1, 0.15) is 75.3 Å². The van der Waals surface area contributed by atoms with Crippen LogP contribution in [-0.4, -0.2) is 127 Å². The fourth-order valence-electron chi connectivity index (χ4n) is 6.26. The van der Waals surface area contributed by atoms with E-state index in [0.717, 1.165) is 30.5 Å². The standard InChI is InChI=1S/C40H41F3N10O13/c41-40(42,43)38(64)52(20-22-19-46-31-30(47-22)33(57)51-39(44)50-31)23-10-8-21(9-11-23)32(56)49-27(37(62)63)12-13-29(55)48-26(36(60)61)7-3-4-15-45-28(54)14-16-65-17-18-66-53-34(58)24-5-1-2-6-25(24)35(53)59/h1-2,5-6,8-11,19,26-27H,3-4,7,12-18,20H2,(H,45,54)(H,48,55)(H,49,56)(H,60,61)(H,62,63)(H3,44,46,50,51,57)/t26-,27-/m0/s1. The maximum atomic E-state index is 13.6. The SMILES string of the molecule is Nc1nc2ncc(CN(C(=O)C(F)(F)F)c3ccc(C(=O)N[C@@H](CCC(=O)N[C@@H](CCCCNC(=O)CCOCCON4C(=O)c5ccccc5C4=O)C(=O)O)C(=O)O)cc3)nc2c(=O)[nH]1. The fraction of sp³-hybridized carbons (Fsp3) is 0.350. The summed E-state index contributed by atoms with van der Waals surface area (Å²) in [6.45, 7) is -0.782. The van der Waals surface area contributed by atoms with E-state index < -0.39 is 84.7 Å². The van der Waals surface area contributed by atoms with Crippen molar-refractivity contribution in [2.75, 3.05) is 37.0 Å². The van der Waals surface area contributed by atoms with Crippen LogP contribution in [0.4, 0.5) is 24.8 Å². The highest BCUT2D eigenvalue weighted by Crippen LogP contribution is 2.26. The quantitative estimate of drug-likeness (QED) is 0.0400. The van der Waals surface area contributed by atoms with Gasteiger partial charge in [-0.2, -0.15) is 18.2 Å². The number of fused-ring (bicyclic) bond motifs is 2. The van der Waals surface area contributed by atoms with Gasteiger partial charge in [0.25, 0.3) is 23.3 Å². The van der Waals surface area contributed by atoms with Crippen molar-refractivity contribution in [3.8, 4) is 0 Å². The third-order valence-electron chi connectivity index (χ3n) is 9.55. The molecule has 26 heteroatoms. The molecular formula is C40H41F3N10O13. The predicted octanol–water partition coefficient (Wildman–Crippen LogP) is 0.844. The van der Waals surface area contributed by atoms with Crippen molar-refractivity contribution < 1.29 is 71.3 Å². The number of carboxylic acid groups (broad SMARTS) is 2. The van der Waals surface area contributed by atoms with Crippen molar-refractivity contribution in [1.82, 2.24) is 40.9 Å². The number of H-pyrrole nitrogens is 1. The molecule has 0 aliphatic carbocycles. The van der Waals surface area contributed by atoms with Crippen LogP contribution in [0.2, 0.25) is 0 Å². The average Bonchev–Trinajstić information content (AvgIpc) is 3.51. The number of alkyl halides is 3. The highest BCUT2D eigenvalue weighted by atomic mass is 19.4. The number of carboxylic acids is 2. The van der Waals surface area contributed by atoms with Gasteiger partial charge in [0.1, 0.15) is 12.1 Å². The Morgan fingerprint density at radius 2 is 1.47 bits per heavy atom. The number of unbranched alkanes of at least 4 members (excludes halogenated alkanes) is 1. The Kier molecular flexibility index (Phi) is 16.5. The number of carbonyl (C=O) groups is 8. The van der Waals surface area contributed by atoms with Crippen LogP contribution >= 0.6 is 0 Å². The molecule has 66 heavy (non-hydrogen) atoms. The molecule has 0 bridgehead atoms. The molecule has 5 rings (SSSR count). The van der Waals surface area contributed by atoms with Gasteiger partial charge in [0.05, 0.1) is 49.4 Å². The molecule has 0 fully saturated rings. The van der Waals surface area contributed by atoms with Crippen LogP contribution in [0.15, 0.2) is 59.5 Å². The van der Waals surface area contributed by atoms with Crippen molar-refractivity contribution in [3.63, 3.8) is 0 Å². The minimum Gasteiger partial charge on any atom is -0.480 e. The second kappa shape index (κ2) is 22.2. The van der Waals surface area contributed by atoms with Gasteiger partial charge in [0.2, 0.25) is 17.8 Å². The van der Waals surface area contributed by atoms with Gasteiger partial charge in [-0.05, 0) is 62.1 Å². The molecule has 2 aromatic carbocycles. The molecule has 8 N–H and O–H groups in total. The first-order valence-corrected chi connectivity index (χ1v) is 19.8. The zero-order chi connectivity index (χ0) is 48.1. The van der Waals surface area contributed by atoms with E-state index in [4.69, 9.17) is 15.3 Å². The number of ether oxygens (including phenoxy) is 1. The van der Waals surface area contributed by atoms with Crippen LogP contribution in [0.25, 0.3) is 11.2 Å². The van der Waals surface area contributed by atoms with E-state index in [1.165, 1.54) is 12.1 Å². The summed E-state index contributed by atoms with van der Waals surface area (Å²) in [5.41, 5.74) is 3.69. The highest BCUT2D eigenvalue weighted by Gasteiger charge is 2.43. The van der Waals surface area contributed by atoms with Gasteiger partial charge in [-0.3, -0.25) is 48.3 Å². The lowest BCUT2D eigenvalue weighted by molar-refractivity contribution is -0.170. The number of hydrogen-bond acceptors (Lipinski definition) is 15. The maximum absolute atomic E-state index is 13.6. The summed E-state index contributed by atoms with van der Waals surface area (Å²) in [6.07, 6.45) is -4.88. The smallest absolute Gasteiger partial charge is 0.471 e. The maximum Gasteiger partial charge on any atom is 0.471 e. The van der Waals surface area contributed by atoms with E-state index in [2.05, 4.69) is 35.9 Å². The van der Waals surface area contributed by atoms with E-state index >= 15 is 0 Å². The van der Waals surface area contributed by atoms with Gasteiger partial charge < -0.3 is 36.6 Å². The van der Waals surface area contributed by atoms with E-state index in [1.54, 1.807) is 12.1 Å². The van der Waals surface area contributed by atoms with Crippen LogP contribution in [-0.2, 0) is 40.1 Å². The number of rotatable bonds is 23. The number of halogens is 3. The van der Waals surface area contributed by atoms with E-state index in [9.17, 15) is 66.5 Å². The first kappa shape index (κ1) is 49.2. The number of aromatic nitrogens is 4. The predicted molar refractivity (Wildman–Crippen MR) is 219 cm³/mol. The number of aromatic amines is 1. The molecule has 0 spiro atoms. The Labute approximate surface area is 369 Å². The van der Waals surface area contributed by atoms with Crippen molar-refractivity contribution in [2.45, 2.75) is 63.3 Å². The Hall–Kier alpha value is -7.87. The lowest BCUT2D eigenvalue weighted by atomic mass is 10.1. The second-order valence-corrected chi connectivity index (χ2v) is 14.3. The number of nitrogen functional groups attached to an aromatic ring is 1. The molecule has 0 saturated carbocycles. The molecule has 4 aromatic rings. The highest BCUT2D eigenvalue weighted by molar-refractivity contribution is 6.20. The number of anilines is 2. The number of hydroxylamine groups is 2. The number of imide groups is 1. The molecular weight excluding hydrogens is 885 g/mol. The van der Waals surface area contributed by atoms with Crippen LogP contribution < -0.4 is 32.1 Å². The Morgan fingerprint density at radius 3 is 2.11 bits per heavy atom. The molecule has 0 unspecified atom stereocenters. The summed E-state index contributed by atoms with van der Waals surface area (Å²) in [5, 5.41) is 27.1. The van der Waals surface area contributed by atoms with Gasteiger partial charge in [0, 0.05) is 30.6 Å². The van der Waals surface area contributed by atoms with E-state index in [-0.39, 0.29) is 102 Å². The van der Waals surface area contributed by atoms with Crippen LogP contribution in [0, 0.1) is 0 Å². The monoisotopic (exact) mass is 926 g/mol. The first-order valence-electron chi connectivity index (χ1n) is 19.8. The molecule has 23 nitrogen and oxygen atoms in total. The third kappa shape index (κ3) is 13.1. The number of aliphatic carboxylic acids is 2. The molecule has 350 valence electrons. The number of benzene rings is 2. The van der Waals surface area contributed by atoms with Gasteiger partial charge in [-0.1, -0.05) is 12.1 Å². The van der Waals surface area contributed by atoms with Gasteiger partial charge in [-0.15, -0.1) is 5.06 Å². The van der Waals surface area contributed by atoms with E-state index in [0.29, 0.717) is 11.5 Å². The fourth-order valence-corrected chi connectivity index (χ4v) is 6.26. The Bertz CT molecular complexity index is 2520. The molecule has 1 aliphatic heterocycles. The molecule has 3 heterocycles. The zero-order valence-electron chi connectivity index (χ0n) is 34.5. The summed E-state index contributed by atoms with van der Waals surface area (Å²) < 4.78 is 46.2. The minimum atomic E-state index is -5.37. The van der Waals surface area contributed by atoms with Crippen molar-refractivity contribution in [2.24, 2.45) is 0 Å². The summed E-state index contributed by atoms with van der Waals surface area (Å²) in [6, 6.07) is 7.22. The van der Waals surface area contributed by atoms with Crippen molar-refractivity contribution in [3.05, 3.63) is 87.5 Å². The van der Waals surface area contributed by atoms with Gasteiger partial charge in [-0.25, -0.2) is 19.6 Å². The lowest BCUT2D eigenvalue weighted by Crippen LogP contribution is -2.44. The van der Waals surface area contributed by atoms with Crippen LogP contribution in [0.3, 0.4) is 0 Å². The summed E-state index contributed by atoms with van der Waals surface area (Å²) in [5.74, 6) is -8.93. The van der Waals surface area contributed by atoms with Crippen molar-refractivity contribution in [1.29, 1.82) is 0 Å². The van der Waals surface area contributed by atoms with Gasteiger partial charge >= 0.3 is 24.0 Å². The number of nitrogens with one attached hydrogen (secondary N) is 4. The van der Waals surface area contributed by atoms with Crippen LogP contribution in [0.5, 0.6) is 0 Å². The first-order chi connectivity index (χ1) is 31.3. The summed E-state index contributed by atoms with van der Waals surface area (Å²) in [4.78, 5) is 130. The largest absolute Gasteiger partial charge is 0.480 e. The number of nitrogens with two attached hydrogens (primary N) is 1. The topological polar surface area (TPSA) is 336 Å². The number of amides is 6. The molecule has 6 amide bonds. The number of carbonyl (C=O) groups excluding carboxylic acids is 6. The number of nitrogens with zero attached hydrogens (tertiary/aromatic N) is 5. The van der Waals surface area contributed by atoms with Gasteiger partial charge in [0.15, 0.2) is 11.2 Å². The summed E-state index contributed by atoms with van der Waals surface area (Å²) in [7, 11) is 0. The molecule has 0 saturated heterocycles. The Morgan fingerprint density at radius 1 is 0.818 bits per heavy atom. The molecule has 1 aliphatic rings. The van der Waals surface area contributed by atoms with Crippen molar-refractivity contribution >= 4 is 70.2 Å². The lowest BCUT2D eigenvalue weighted by Gasteiger charge is -2.24. The normalized spacial score (nSPS) is 13.2. The molecule has 0 radical (unpaired) electrons. The molecule has 2 aromatic heterocycles. The Balaban J connectivity index is 1.02.